The van der Waals surface area contributed by atoms with E-state index in [9.17, 15) is 9.50 Å². The molecule has 1 fully saturated rings. The molecule has 0 aliphatic heterocycles. The zero-order valence-electron chi connectivity index (χ0n) is 10.9. The third-order valence-electron chi connectivity index (χ3n) is 4.01. The molecule has 0 radical (unpaired) electrons. The molecule has 1 aliphatic rings. The third kappa shape index (κ3) is 2.90. The molecule has 18 heavy (non-hydrogen) atoms. The van der Waals surface area contributed by atoms with Gasteiger partial charge in [-0.25, -0.2) is 4.39 Å². The van der Waals surface area contributed by atoms with Crippen molar-refractivity contribution in [1.29, 1.82) is 0 Å². The molecular formula is C15H22FNO. The number of aryl methyl sites for hydroxylation is 1. The summed E-state index contributed by atoms with van der Waals surface area (Å²) in [5.41, 5.74) is 7.46. The lowest BCUT2D eigenvalue weighted by Crippen LogP contribution is -2.34. The minimum Gasteiger partial charge on any atom is -0.391 e. The fourth-order valence-corrected chi connectivity index (χ4v) is 2.87. The quantitative estimate of drug-likeness (QED) is 0.867. The average Bonchev–Trinajstić information content (AvgIpc) is 2.41. The van der Waals surface area contributed by atoms with Gasteiger partial charge < -0.3 is 10.8 Å². The summed E-state index contributed by atoms with van der Waals surface area (Å²) >= 11 is 0. The Labute approximate surface area is 108 Å². The molecule has 100 valence electrons. The van der Waals surface area contributed by atoms with E-state index in [0.29, 0.717) is 5.56 Å². The highest BCUT2D eigenvalue weighted by Gasteiger charge is 2.28. The minimum absolute atomic E-state index is 0.216. The van der Waals surface area contributed by atoms with Gasteiger partial charge in [0.1, 0.15) is 5.82 Å². The van der Waals surface area contributed by atoms with Crippen LogP contribution in [0.3, 0.4) is 0 Å². The first kappa shape index (κ1) is 13.5. The topological polar surface area (TPSA) is 46.2 Å². The van der Waals surface area contributed by atoms with E-state index in [2.05, 4.69) is 0 Å². The molecule has 0 saturated heterocycles. The fourth-order valence-electron chi connectivity index (χ4n) is 2.87. The Morgan fingerprint density at radius 3 is 2.61 bits per heavy atom. The van der Waals surface area contributed by atoms with E-state index in [-0.39, 0.29) is 11.7 Å². The summed E-state index contributed by atoms with van der Waals surface area (Å²) in [4.78, 5) is 0. The zero-order valence-corrected chi connectivity index (χ0v) is 10.9. The van der Waals surface area contributed by atoms with Gasteiger partial charge in [0.25, 0.3) is 0 Å². The molecule has 1 aliphatic carbocycles. The highest BCUT2D eigenvalue weighted by atomic mass is 19.1. The van der Waals surface area contributed by atoms with Crippen LogP contribution in [0, 0.1) is 18.7 Å². The van der Waals surface area contributed by atoms with Gasteiger partial charge >= 0.3 is 0 Å². The van der Waals surface area contributed by atoms with Crippen LogP contribution in [0.1, 0.15) is 49.3 Å². The monoisotopic (exact) mass is 251 g/mol. The molecule has 1 aromatic carbocycles. The summed E-state index contributed by atoms with van der Waals surface area (Å²) < 4.78 is 13.8. The minimum atomic E-state index is -0.637. The summed E-state index contributed by atoms with van der Waals surface area (Å²) in [5, 5.41) is 10.3. The summed E-state index contributed by atoms with van der Waals surface area (Å²) in [6.07, 6.45) is 4.89. The molecule has 0 amide bonds. The molecule has 2 rings (SSSR count). The molecule has 0 bridgehead atoms. The van der Waals surface area contributed by atoms with Crippen LogP contribution in [0.4, 0.5) is 4.39 Å². The summed E-state index contributed by atoms with van der Waals surface area (Å²) in [6, 6.07) is 4.27. The van der Waals surface area contributed by atoms with Crippen LogP contribution in [-0.4, -0.2) is 11.2 Å². The second kappa shape index (κ2) is 5.81. The highest BCUT2D eigenvalue weighted by Crippen LogP contribution is 2.32. The average molecular weight is 251 g/mol. The van der Waals surface area contributed by atoms with Crippen LogP contribution >= 0.6 is 0 Å². The second-order valence-corrected chi connectivity index (χ2v) is 5.44. The number of aliphatic hydroxyl groups is 1. The Hall–Kier alpha value is -0.930. The van der Waals surface area contributed by atoms with Crippen molar-refractivity contribution in [3.8, 4) is 0 Å². The smallest absolute Gasteiger partial charge is 0.128 e. The van der Waals surface area contributed by atoms with E-state index in [0.717, 1.165) is 31.2 Å². The van der Waals surface area contributed by atoms with E-state index < -0.39 is 12.1 Å². The van der Waals surface area contributed by atoms with E-state index in [1.165, 1.54) is 12.5 Å². The van der Waals surface area contributed by atoms with Gasteiger partial charge in [0.05, 0.1) is 12.1 Å². The number of hydrogen-bond donors (Lipinski definition) is 2. The first-order valence-corrected chi connectivity index (χ1v) is 6.79. The van der Waals surface area contributed by atoms with Crippen molar-refractivity contribution in [1.82, 2.24) is 0 Å². The number of halogens is 1. The Morgan fingerprint density at radius 1 is 1.28 bits per heavy atom. The summed E-state index contributed by atoms with van der Waals surface area (Å²) in [7, 11) is 0. The van der Waals surface area contributed by atoms with Gasteiger partial charge in [0.2, 0.25) is 0 Å². The molecule has 0 spiro atoms. The standard InChI is InChI=1S/C15H22FNO/c1-10-7-8-13(16)12(9-10)14(17)15(18)11-5-3-2-4-6-11/h7-9,11,14-15,18H,2-6,17H2,1H3/t14-,15+/m1/s1. The Kier molecular flexibility index (Phi) is 4.36. The second-order valence-electron chi connectivity index (χ2n) is 5.44. The first-order valence-electron chi connectivity index (χ1n) is 6.79. The largest absolute Gasteiger partial charge is 0.391 e. The van der Waals surface area contributed by atoms with Crippen molar-refractivity contribution < 1.29 is 9.50 Å². The van der Waals surface area contributed by atoms with Crippen LogP contribution in [0.25, 0.3) is 0 Å². The van der Waals surface area contributed by atoms with Crippen LogP contribution in [0.2, 0.25) is 0 Å². The lowest BCUT2D eigenvalue weighted by Gasteiger charge is -2.30. The molecular weight excluding hydrogens is 229 g/mol. The van der Waals surface area contributed by atoms with Gasteiger partial charge in [0.15, 0.2) is 0 Å². The van der Waals surface area contributed by atoms with Crippen molar-refractivity contribution in [2.24, 2.45) is 11.7 Å². The van der Waals surface area contributed by atoms with Gasteiger partial charge in [-0.1, -0.05) is 37.0 Å². The lowest BCUT2D eigenvalue weighted by atomic mass is 9.81. The lowest BCUT2D eigenvalue weighted by molar-refractivity contribution is 0.0608. The van der Waals surface area contributed by atoms with Crippen molar-refractivity contribution >= 4 is 0 Å². The SMILES string of the molecule is Cc1ccc(F)c([C@@H](N)[C@@H](O)C2CCCCC2)c1. The molecule has 1 aromatic rings. The van der Waals surface area contributed by atoms with Gasteiger partial charge in [-0.2, -0.15) is 0 Å². The van der Waals surface area contributed by atoms with E-state index in [4.69, 9.17) is 5.73 Å². The van der Waals surface area contributed by atoms with Crippen molar-refractivity contribution in [2.45, 2.75) is 51.2 Å². The number of rotatable bonds is 3. The summed E-state index contributed by atoms with van der Waals surface area (Å²) in [5.74, 6) is -0.100. The van der Waals surface area contributed by atoms with Crippen molar-refractivity contribution in [3.63, 3.8) is 0 Å². The molecule has 3 heteroatoms. The Bertz CT molecular complexity index is 401. The third-order valence-corrected chi connectivity index (χ3v) is 4.01. The maximum Gasteiger partial charge on any atom is 0.128 e. The molecule has 2 atom stereocenters. The number of hydrogen-bond acceptors (Lipinski definition) is 2. The number of aliphatic hydroxyl groups excluding tert-OH is 1. The van der Waals surface area contributed by atoms with Crippen molar-refractivity contribution in [2.75, 3.05) is 0 Å². The molecule has 0 unspecified atom stereocenters. The zero-order chi connectivity index (χ0) is 13.1. The normalized spacial score (nSPS) is 20.7. The van der Waals surface area contributed by atoms with Gasteiger partial charge in [0, 0.05) is 5.56 Å². The highest BCUT2D eigenvalue weighted by molar-refractivity contribution is 5.27. The predicted octanol–water partition coefficient (Wildman–Crippen LogP) is 3.08. The Morgan fingerprint density at radius 2 is 1.94 bits per heavy atom. The first-order chi connectivity index (χ1) is 8.59. The molecule has 0 aromatic heterocycles. The maximum absolute atomic E-state index is 13.8. The maximum atomic E-state index is 13.8. The van der Waals surface area contributed by atoms with Crippen LogP contribution < -0.4 is 5.73 Å². The fraction of sp³-hybridized carbons (Fsp3) is 0.600. The van der Waals surface area contributed by atoms with E-state index in [1.807, 2.05) is 6.92 Å². The van der Waals surface area contributed by atoms with Crippen LogP contribution in [-0.2, 0) is 0 Å². The number of nitrogens with two attached hydrogens (primary N) is 1. The summed E-state index contributed by atoms with van der Waals surface area (Å²) in [6.45, 7) is 1.91. The van der Waals surface area contributed by atoms with Crippen molar-refractivity contribution in [3.05, 3.63) is 35.1 Å². The molecule has 3 N–H and O–H groups in total. The van der Waals surface area contributed by atoms with Gasteiger partial charge in [-0.15, -0.1) is 0 Å². The van der Waals surface area contributed by atoms with Gasteiger partial charge in [-0.05, 0) is 31.7 Å². The van der Waals surface area contributed by atoms with Crippen LogP contribution in [0.5, 0.6) is 0 Å². The van der Waals surface area contributed by atoms with E-state index >= 15 is 0 Å². The molecule has 1 saturated carbocycles. The predicted molar refractivity (Wildman–Crippen MR) is 70.6 cm³/mol. The van der Waals surface area contributed by atoms with Crippen LogP contribution in [0.15, 0.2) is 18.2 Å². The van der Waals surface area contributed by atoms with E-state index in [1.54, 1.807) is 12.1 Å². The number of benzene rings is 1. The molecule has 0 heterocycles. The Balaban J connectivity index is 2.13. The van der Waals surface area contributed by atoms with Gasteiger partial charge in [-0.3, -0.25) is 0 Å². The molecule has 2 nitrogen and oxygen atoms in total.